The largest absolute Gasteiger partial charge is 0.507 e. The second-order valence-electron chi connectivity index (χ2n) is 5.10. The molecule has 3 rings (SSSR count). The summed E-state index contributed by atoms with van der Waals surface area (Å²) >= 11 is 5.14. The fourth-order valence-corrected chi connectivity index (χ4v) is 2.56. The van der Waals surface area contributed by atoms with Gasteiger partial charge in [-0.2, -0.15) is 0 Å². The number of phenolic OH excluding ortho intramolecular Hbond substituents is 1. The van der Waals surface area contributed by atoms with Crippen molar-refractivity contribution in [3.8, 4) is 5.75 Å². The standard InChI is InChI=1S/C18H13FN2O2S/c19-12-5-1-4-11(10-12)17(23)21-18(24)20-15-8-2-7-14-13(15)6-3-9-16(14)22/h1-10,22H,(H2,20,21,23,24). The number of amides is 1. The van der Waals surface area contributed by atoms with Gasteiger partial charge in [0.25, 0.3) is 5.91 Å². The number of hydrogen-bond donors (Lipinski definition) is 3. The molecule has 0 heterocycles. The van der Waals surface area contributed by atoms with Gasteiger partial charge in [-0.3, -0.25) is 10.1 Å². The Balaban J connectivity index is 1.78. The number of nitrogens with one attached hydrogen (secondary N) is 2. The molecular weight excluding hydrogens is 327 g/mol. The maximum atomic E-state index is 13.2. The van der Waals surface area contributed by atoms with Gasteiger partial charge >= 0.3 is 0 Å². The van der Waals surface area contributed by atoms with Crippen LogP contribution in [0.5, 0.6) is 5.75 Å². The summed E-state index contributed by atoms with van der Waals surface area (Å²) in [5.74, 6) is -0.841. The molecule has 1 amide bonds. The minimum atomic E-state index is -0.505. The fraction of sp³-hybridized carbons (Fsp3) is 0. The zero-order chi connectivity index (χ0) is 17.1. The van der Waals surface area contributed by atoms with Crippen LogP contribution in [-0.4, -0.2) is 16.1 Å². The van der Waals surface area contributed by atoms with Crippen LogP contribution in [0, 0.1) is 5.82 Å². The molecule has 0 spiro atoms. The van der Waals surface area contributed by atoms with Crippen molar-refractivity contribution in [1.29, 1.82) is 0 Å². The first-order chi connectivity index (χ1) is 11.5. The fourth-order valence-electron chi connectivity index (χ4n) is 2.36. The maximum Gasteiger partial charge on any atom is 0.257 e. The van der Waals surface area contributed by atoms with Crippen LogP contribution < -0.4 is 10.6 Å². The number of anilines is 1. The molecule has 0 bridgehead atoms. The van der Waals surface area contributed by atoms with E-state index in [9.17, 15) is 14.3 Å². The predicted octanol–water partition coefficient (Wildman–Crippen LogP) is 3.81. The molecule has 0 saturated carbocycles. The predicted molar refractivity (Wildman–Crippen MR) is 95.7 cm³/mol. The zero-order valence-electron chi connectivity index (χ0n) is 12.4. The Bertz CT molecular complexity index is 943. The molecule has 3 aromatic rings. The van der Waals surface area contributed by atoms with Gasteiger partial charge in [0.05, 0.1) is 0 Å². The Hall–Kier alpha value is -2.99. The molecule has 6 heteroatoms. The first-order valence-electron chi connectivity index (χ1n) is 7.13. The third kappa shape index (κ3) is 3.33. The van der Waals surface area contributed by atoms with E-state index in [4.69, 9.17) is 12.2 Å². The van der Waals surface area contributed by atoms with Gasteiger partial charge in [-0.15, -0.1) is 0 Å². The number of phenols is 1. The van der Waals surface area contributed by atoms with Crippen molar-refractivity contribution in [3.63, 3.8) is 0 Å². The molecule has 0 unspecified atom stereocenters. The Morgan fingerprint density at radius 2 is 1.71 bits per heavy atom. The number of rotatable bonds is 2. The molecule has 3 aromatic carbocycles. The summed E-state index contributed by atoms with van der Waals surface area (Å²) in [7, 11) is 0. The quantitative estimate of drug-likeness (QED) is 0.621. The monoisotopic (exact) mass is 340 g/mol. The lowest BCUT2D eigenvalue weighted by molar-refractivity contribution is 0.0977. The lowest BCUT2D eigenvalue weighted by atomic mass is 10.1. The van der Waals surface area contributed by atoms with E-state index in [1.54, 1.807) is 30.3 Å². The summed E-state index contributed by atoms with van der Waals surface area (Å²) in [6.45, 7) is 0. The topological polar surface area (TPSA) is 61.4 Å². The lowest BCUT2D eigenvalue weighted by Crippen LogP contribution is -2.34. The number of hydrogen-bond acceptors (Lipinski definition) is 3. The molecule has 4 nitrogen and oxygen atoms in total. The van der Waals surface area contributed by atoms with Gasteiger partial charge in [0.1, 0.15) is 11.6 Å². The average Bonchev–Trinajstić information content (AvgIpc) is 2.56. The number of fused-ring (bicyclic) bond motifs is 1. The van der Waals surface area contributed by atoms with Gasteiger partial charge in [-0.1, -0.05) is 30.3 Å². The van der Waals surface area contributed by atoms with E-state index in [-0.39, 0.29) is 16.4 Å². The van der Waals surface area contributed by atoms with E-state index in [2.05, 4.69) is 10.6 Å². The van der Waals surface area contributed by atoms with Gasteiger partial charge in [0, 0.05) is 22.0 Å². The van der Waals surface area contributed by atoms with E-state index in [1.807, 2.05) is 6.07 Å². The molecule has 0 atom stereocenters. The first kappa shape index (κ1) is 15.9. The van der Waals surface area contributed by atoms with E-state index >= 15 is 0 Å². The Morgan fingerprint density at radius 3 is 2.50 bits per heavy atom. The molecule has 0 radical (unpaired) electrons. The first-order valence-corrected chi connectivity index (χ1v) is 7.54. The number of benzene rings is 3. The minimum absolute atomic E-state index is 0.0834. The van der Waals surface area contributed by atoms with Crippen molar-refractivity contribution in [1.82, 2.24) is 5.32 Å². The van der Waals surface area contributed by atoms with Crippen molar-refractivity contribution in [2.75, 3.05) is 5.32 Å². The van der Waals surface area contributed by atoms with Crippen LogP contribution in [0.4, 0.5) is 10.1 Å². The normalized spacial score (nSPS) is 10.4. The number of thiocarbonyl (C=S) groups is 1. The van der Waals surface area contributed by atoms with E-state index < -0.39 is 11.7 Å². The molecule has 24 heavy (non-hydrogen) atoms. The lowest BCUT2D eigenvalue weighted by Gasteiger charge is -2.12. The average molecular weight is 340 g/mol. The van der Waals surface area contributed by atoms with Crippen molar-refractivity contribution in [2.24, 2.45) is 0 Å². The highest BCUT2D eigenvalue weighted by Crippen LogP contribution is 2.29. The number of carbonyl (C=O) groups is 1. The highest BCUT2D eigenvalue weighted by molar-refractivity contribution is 7.80. The van der Waals surface area contributed by atoms with E-state index in [0.29, 0.717) is 11.1 Å². The number of carbonyl (C=O) groups excluding carboxylic acids is 1. The SMILES string of the molecule is O=C(NC(=S)Nc1cccc2c(O)cccc12)c1cccc(F)c1. The molecule has 0 aromatic heterocycles. The van der Waals surface area contributed by atoms with Crippen molar-refractivity contribution in [2.45, 2.75) is 0 Å². The van der Waals surface area contributed by atoms with Crippen LogP contribution in [0.15, 0.2) is 60.7 Å². The second kappa shape index (κ2) is 6.64. The number of aromatic hydroxyl groups is 1. The molecule has 3 N–H and O–H groups in total. The molecule has 0 fully saturated rings. The molecule has 0 aliphatic rings. The Labute approximate surface area is 142 Å². The number of halogens is 1. The van der Waals surface area contributed by atoms with E-state index in [1.165, 1.54) is 18.2 Å². The van der Waals surface area contributed by atoms with Crippen LogP contribution in [-0.2, 0) is 0 Å². The van der Waals surface area contributed by atoms with Gasteiger partial charge in [0.2, 0.25) is 0 Å². The summed E-state index contributed by atoms with van der Waals surface area (Å²) in [6.07, 6.45) is 0. The zero-order valence-corrected chi connectivity index (χ0v) is 13.2. The summed E-state index contributed by atoms with van der Waals surface area (Å²) in [5, 5.41) is 16.8. The van der Waals surface area contributed by atoms with Crippen molar-refractivity contribution >= 4 is 39.7 Å². The molecule has 0 aliphatic carbocycles. The Kier molecular flexibility index (Phi) is 4.39. The summed E-state index contributed by atoms with van der Waals surface area (Å²) in [5.41, 5.74) is 0.822. The van der Waals surface area contributed by atoms with Crippen LogP contribution in [0.2, 0.25) is 0 Å². The second-order valence-corrected chi connectivity index (χ2v) is 5.50. The molecule has 0 aliphatic heterocycles. The summed E-state index contributed by atoms with van der Waals surface area (Å²) in [4.78, 5) is 12.1. The third-order valence-corrected chi connectivity index (χ3v) is 3.67. The van der Waals surface area contributed by atoms with Crippen LogP contribution in [0.25, 0.3) is 10.8 Å². The highest BCUT2D eigenvalue weighted by atomic mass is 32.1. The van der Waals surface area contributed by atoms with Crippen LogP contribution in [0.1, 0.15) is 10.4 Å². The van der Waals surface area contributed by atoms with Crippen molar-refractivity contribution in [3.05, 3.63) is 72.0 Å². The third-order valence-electron chi connectivity index (χ3n) is 3.46. The van der Waals surface area contributed by atoms with Gasteiger partial charge in [0.15, 0.2) is 5.11 Å². The Morgan fingerprint density at radius 1 is 1.00 bits per heavy atom. The molecule has 120 valence electrons. The van der Waals surface area contributed by atoms with Crippen molar-refractivity contribution < 1.29 is 14.3 Å². The van der Waals surface area contributed by atoms with Crippen LogP contribution in [0.3, 0.4) is 0 Å². The van der Waals surface area contributed by atoms with E-state index in [0.717, 1.165) is 11.5 Å². The summed E-state index contributed by atoms with van der Waals surface area (Å²) in [6, 6.07) is 15.8. The smallest absolute Gasteiger partial charge is 0.257 e. The van der Waals surface area contributed by atoms with Gasteiger partial charge in [-0.05, 0) is 42.5 Å². The molecular formula is C18H13FN2O2S. The minimum Gasteiger partial charge on any atom is -0.507 e. The maximum absolute atomic E-state index is 13.2. The summed E-state index contributed by atoms with van der Waals surface area (Å²) < 4.78 is 13.2. The molecule has 0 saturated heterocycles. The highest BCUT2D eigenvalue weighted by Gasteiger charge is 2.10. The van der Waals surface area contributed by atoms with Crippen LogP contribution >= 0.6 is 12.2 Å². The van der Waals surface area contributed by atoms with Gasteiger partial charge < -0.3 is 10.4 Å². The van der Waals surface area contributed by atoms with Gasteiger partial charge in [-0.25, -0.2) is 4.39 Å².